The zero-order valence-corrected chi connectivity index (χ0v) is 14.8. The van der Waals surface area contributed by atoms with Crippen LogP contribution in [0.3, 0.4) is 0 Å². The minimum absolute atomic E-state index is 0.00778. The number of nitrogens with zero attached hydrogens (tertiary/aromatic N) is 2. The smallest absolute Gasteiger partial charge is 0.296 e. The summed E-state index contributed by atoms with van der Waals surface area (Å²) in [5.74, 6) is -0.317. The number of amides is 2. The van der Waals surface area contributed by atoms with Crippen LogP contribution in [0.25, 0.3) is 0 Å². The second-order valence-corrected chi connectivity index (χ2v) is 7.13. The quantitative estimate of drug-likeness (QED) is 0.623. The molecule has 2 atom stereocenters. The third kappa shape index (κ3) is 2.98. The lowest BCUT2D eigenvalue weighted by atomic mass is 9.85. The number of fused-ring (bicyclic) bond motifs is 1. The fourth-order valence-corrected chi connectivity index (χ4v) is 3.54. The maximum atomic E-state index is 12.3. The van der Waals surface area contributed by atoms with Gasteiger partial charge >= 0.3 is 0 Å². The molecule has 9 nitrogen and oxygen atoms in total. The molecule has 1 aromatic carbocycles. The average molecular weight is 363 g/mol. The predicted octanol–water partition coefficient (Wildman–Crippen LogP) is 1.75. The number of aliphatic hydroxyl groups excluding tert-OH is 1. The number of hydrogen-bond acceptors (Lipinski definition) is 6. The molecule has 0 unspecified atom stereocenters. The number of carbonyl (C=O) groups is 2. The molecule has 140 valence electrons. The molecule has 0 aromatic heterocycles. The highest BCUT2D eigenvalue weighted by Crippen LogP contribution is 2.47. The van der Waals surface area contributed by atoms with E-state index < -0.39 is 28.6 Å². The topological polar surface area (TPSA) is 122 Å². The first-order valence-electron chi connectivity index (χ1n) is 8.38. The number of nitro groups is 1. The third-order valence-corrected chi connectivity index (χ3v) is 4.78. The first-order valence-corrected chi connectivity index (χ1v) is 8.38. The molecule has 2 aliphatic rings. The molecular weight excluding hydrogens is 342 g/mol. The Kier molecular flexibility index (Phi) is 4.35. The molecule has 3 rings (SSSR count). The number of carbonyl (C=O) groups excluding carboxylic acids is 2. The molecule has 2 heterocycles. The summed E-state index contributed by atoms with van der Waals surface area (Å²) in [6.45, 7) is 5.07. The molecule has 0 aliphatic carbocycles. The van der Waals surface area contributed by atoms with E-state index in [1.54, 1.807) is 18.7 Å². The van der Waals surface area contributed by atoms with E-state index in [1.165, 1.54) is 19.1 Å². The lowest BCUT2D eigenvalue weighted by molar-refractivity contribution is -0.384. The van der Waals surface area contributed by atoms with Crippen molar-refractivity contribution in [2.24, 2.45) is 0 Å². The summed E-state index contributed by atoms with van der Waals surface area (Å²) >= 11 is 0. The van der Waals surface area contributed by atoms with Crippen LogP contribution in [0, 0.1) is 10.1 Å². The molecule has 2 amide bonds. The van der Waals surface area contributed by atoms with E-state index in [2.05, 4.69) is 5.32 Å². The number of anilines is 1. The monoisotopic (exact) mass is 363 g/mol. The number of nitro benzene ring substituents is 1. The zero-order valence-electron chi connectivity index (χ0n) is 14.8. The number of nitrogens with one attached hydrogen (secondary N) is 1. The van der Waals surface area contributed by atoms with Crippen LogP contribution in [0.1, 0.15) is 45.2 Å². The van der Waals surface area contributed by atoms with E-state index in [0.717, 1.165) is 0 Å². The number of ether oxygens (including phenoxy) is 1. The highest BCUT2D eigenvalue weighted by Gasteiger charge is 2.48. The summed E-state index contributed by atoms with van der Waals surface area (Å²) in [5, 5.41) is 24.7. The Labute approximate surface area is 150 Å². The minimum atomic E-state index is -1.04. The Morgan fingerprint density at radius 1 is 1.46 bits per heavy atom. The minimum Gasteiger partial charge on any atom is -0.484 e. The molecule has 0 saturated carbocycles. The normalized spacial score (nSPS) is 24.0. The van der Waals surface area contributed by atoms with Crippen LogP contribution < -0.4 is 10.1 Å². The van der Waals surface area contributed by atoms with Crippen molar-refractivity contribution < 1.29 is 24.4 Å². The van der Waals surface area contributed by atoms with Crippen molar-refractivity contribution in [2.75, 3.05) is 11.9 Å². The van der Waals surface area contributed by atoms with E-state index in [1.807, 2.05) is 0 Å². The highest BCUT2D eigenvalue weighted by atomic mass is 16.6. The second kappa shape index (κ2) is 6.24. The zero-order chi connectivity index (χ0) is 19.2. The van der Waals surface area contributed by atoms with Crippen molar-refractivity contribution in [3.8, 4) is 5.75 Å². The van der Waals surface area contributed by atoms with Crippen molar-refractivity contribution in [2.45, 2.75) is 51.4 Å². The number of rotatable bonds is 3. The average Bonchev–Trinajstić information content (AvgIpc) is 2.93. The Morgan fingerprint density at radius 3 is 2.69 bits per heavy atom. The maximum Gasteiger partial charge on any atom is 0.296 e. The van der Waals surface area contributed by atoms with Gasteiger partial charge in [-0.15, -0.1) is 0 Å². The fourth-order valence-electron chi connectivity index (χ4n) is 3.54. The van der Waals surface area contributed by atoms with E-state index in [9.17, 15) is 24.8 Å². The van der Waals surface area contributed by atoms with Gasteiger partial charge in [-0.05, 0) is 26.3 Å². The van der Waals surface area contributed by atoms with Gasteiger partial charge in [0.05, 0.1) is 17.0 Å². The van der Waals surface area contributed by atoms with Gasteiger partial charge in [0.2, 0.25) is 11.8 Å². The molecule has 0 bridgehead atoms. The van der Waals surface area contributed by atoms with Gasteiger partial charge in [-0.1, -0.05) is 0 Å². The van der Waals surface area contributed by atoms with Gasteiger partial charge in [0.1, 0.15) is 23.1 Å². The first kappa shape index (κ1) is 18.1. The molecule has 0 radical (unpaired) electrons. The maximum absolute atomic E-state index is 12.3. The lowest BCUT2D eigenvalue weighted by Crippen LogP contribution is -2.53. The van der Waals surface area contributed by atoms with E-state index in [0.29, 0.717) is 24.9 Å². The molecule has 1 saturated heterocycles. The Bertz CT molecular complexity index is 791. The summed E-state index contributed by atoms with van der Waals surface area (Å²) in [5.41, 5.74) is -0.892. The van der Waals surface area contributed by atoms with Crippen LogP contribution >= 0.6 is 0 Å². The summed E-state index contributed by atoms with van der Waals surface area (Å²) in [6, 6.07) is 1.96. The van der Waals surface area contributed by atoms with Crippen LogP contribution in [-0.2, 0) is 9.59 Å². The SMILES string of the molecule is CC(=O)Nc1cc2c(cc1[N+](=O)[O-])OC(C)(C)[C@@H](O)[C@@H]2N1CCCC1=O. The summed E-state index contributed by atoms with van der Waals surface area (Å²) < 4.78 is 5.80. The predicted molar refractivity (Wildman–Crippen MR) is 91.8 cm³/mol. The standard InChI is InChI=1S/C17H21N3O6/c1-9(21)18-11-7-10-13(8-12(11)20(24)25)26-17(2,3)16(23)15(10)19-6-4-5-14(19)22/h7-8,15-16,23H,4-6H2,1-3H3,(H,18,21)/t15-,16+/m1/s1. The van der Waals surface area contributed by atoms with E-state index >= 15 is 0 Å². The largest absolute Gasteiger partial charge is 0.484 e. The Hall–Kier alpha value is -2.68. The van der Waals surface area contributed by atoms with Gasteiger partial charge in [-0.3, -0.25) is 19.7 Å². The van der Waals surface area contributed by atoms with Gasteiger partial charge in [-0.2, -0.15) is 0 Å². The van der Waals surface area contributed by atoms with Gasteiger partial charge in [-0.25, -0.2) is 0 Å². The number of aliphatic hydroxyl groups is 1. The molecule has 9 heteroatoms. The Morgan fingerprint density at radius 2 is 2.15 bits per heavy atom. The second-order valence-electron chi connectivity index (χ2n) is 7.13. The molecule has 26 heavy (non-hydrogen) atoms. The fraction of sp³-hybridized carbons (Fsp3) is 0.529. The molecule has 0 spiro atoms. The van der Waals surface area contributed by atoms with Crippen molar-refractivity contribution in [3.05, 3.63) is 27.8 Å². The van der Waals surface area contributed by atoms with Crippen molar-refractivity contribution in [1.82, 2.24) is 4.90 Å². The number of benzene rings is 1. The number of hydrogen-bond donors (Lipinski definition) is 2. The lowest BCUT2D eigenvalue weighted by Gasteiger charge is -2.45. The van der Waals surface area contributed by atoms with E-state index in [4.69, 9.17) is 4.74 Å². The molecule has 2 aliphatic heterocycles. The van der Waals surface area contributed by atoms with Gasteiger partial charge in [0, 0.05) is 25.5 Å². The number of likely N-dealkylation sites (tertiary alicyclic amines) is 1. The summed E-state index contributed by atoms with van der Waals surface area (Å²) in [6.07, 6.45) is 0.0546. The van der Waals surface area contributed by atoms with Crippen LogP contribution in [0.4, 0.5) is 11.4 Å². The first-order chi connectivity index (χ1) is 12.1. The van der Waals surface area contributed by atoms with Gasteiger partial charge in [0.15, 0.2) is 0 Å². The van der Waals surface area contributed by atoms with Gasteiger partial charge < -0.3 is 20.1 Å². The molecular formula is C17H21N3O6. The van der Waals surface area contributed by atoms with Crippen LogP contribution in [0.15, 0.2) is 12.1 Å². The summed E-state index contributed by atoms with van der Waals surface area (Å²) in [7, 11) is 0. The van der Waals surface area contributed by atoms with Gasteiger partial charge in [0.25, 0.3) is 5.69 Å². The molecule has 1 aromatic rings. The summed E-state index contributed by atoms with van der Waals surface area (Å²) in [4.78, 5) is 36.1. The Balaban J connectivity index is 2.18. The van der Waals surface area contributed by atoms with Crippen molar-refractivity contribution in [1.29, 1.82) is 0 Å². The van der Waals surface area contributed by atoms with E-state index in [-0.39, 0.29) is 23.0 Å². The highest BCUT2D eigenvalue weighted by molar-refractivity contribution is 5.92. The molecule has 2 N–H and O–H groups in total. The van der Waals surface area contributed by atoms with Crippen LogP contribution in [-0.4, -0.2) is 45.0 Å². The van der Waals surface area contributed by atoms with Crippen LogP contribution in [0.2, 0.25) is 0 Å². The van der Waals surface area contributed by atoms with Crippen molar-refractivity contribution >= 4 is 23.2 Å². The third-order valence-electron chi connectivity index (χ3n) is 4.78. The van der Waals surface area contributed by atoms with Crippen molar-refractivity contribution in [3.63, 3.8) is 0 Å². The molecule has 1 fully saturated rings. The van der Waals surface area contributed by atoms with Crippen LogP contribution in [0.5, 0.6) is 5.75 Å².